The maximum Gasteiger partial charge on any atom is 0.255 e. The molecule has 0 aromatic carbocycles. The number of aryl methyl sites for hydroxylation is 1. The van der Waals surface area contributed by atoms with Crippen molar-refractivity contribution in [2.24, 2.45) is 0 Å². The Bertz CT molecular complexity index is 645. The molecule has 6 heteroatoms. The Morgan fingerprint density at radius 1 is 1.38 bits per heavy atom. The summed E-state index contributed by atoms with van der Waals surface area (Å²) in [6, 6.07) is 3.05. The van der Waals surface area contributed by atoms with E-state index < -0.39 is 5.82 Å². The molecular weight excluding hydrogens is 271 g/mol. The zero-order chi connectivity index (χ0) is 15.2. The summed E-state index contributed by atoms with van der Waals surface area (Å²) in [5.41, 5.74) is 2.15. The Morgan fingerprint density at radius 3 is 2.90 bits per heavy atom. The Kier molecular flexibility index (Phi) is 4.81. The molecule has 2 aromatic heterocycles. The maximum absolute atomic E-state index is 13.3. The molecular formula is C15H17FN4O. The number of hydrogen-bond donors (Lipinski definition) is 2. The van der Waals surface area contributed by atoms with Crippen LogP contribution in [0.3, 0.4) is 0 Å². The summed E-state index contributed by atoms with van der Waals surface area (Å²) in [5.74, 6) is -0.542. The molecule has 0 aliphatic heterocycles. The molecule has 0 saturated carbocycles. The highest BCUT2D eigenvalue weighted by Gasteiger charge is 2.13. The number of rotatable bonds is 5. The fourth-order valence-corrected chi connectivity index (χ4v) is 1.87. The van der Waals surface area contributed by atoms with Gasteiger partial charge in [-0.2, -0.15) is 0 Å². The number of pyridine rings is 2. The van der Waals surface area contributed by atoms with Gasteiger partial charge in [0, 0.05) is 25.5 Å². The van der Waals surface area contributed by atoms with Crippen LogP contribution in [0.5, 0.6) is 0 Å². The van der Waals surface area contributed by atoms with Crippen LogP contribution in [0.25, 0.3) is 0 Å². The van der Waals surface area contributed by atoms with Crippen LogP contribution in [0.1, 0.15) is 28.4 Å². The smallest absolute Gasteiger partial charge is 0.255 e. The van der Waals surface area contributed by atoms with Crippen LogP contribution in [-0.2, 0) is 6.54 Å². The highest BCUT2D eigenvalue weighted by Crippen LogP contribution is 2.14. The minimum absolute atomic E-state index is 0.193. The van der Waals surface area contributed by atoms with Gasteiger partial charge < -0.3 is 10.6 Å². The summed E-state index contributed by atoms with van der Waals surface area (Å²) in [6.07, 6.45) is 4.48. The molecule has 0 atom stereocenters. The lowest BCUT2D eigenvalue weighted by atomic mass is 10.1. The van der Waals surface area contributed by atoms with Crippen LogP contribution >= 0.6 is 0 Å². The monoisotopic (exact) mass is 288 g/mol. The number of halogens is 1. The SMILES string of the molecule is CCNc1ncc(F)cc1C(=O)NCc1cnccc1C. The van der Waals surface area contributed by atoms with Gasteiger partial charge in [0.2, 0.25) is 0 Å². The molecule has 0 spiro atoms. The summed E-state index contributed by atoms with van der Waals surface area (Å²) < 4.78 is 13.3. The average molecular weight is 288 g/mol. The molecule has 5 nitrogen and oxygen atoms in total. The van der Waals surface area contributed by atoms with Crippen LogP contribution in [0.2, 0.25) is 0 Å². The van der Waals surface area contributed by atoms with Crippen molar-refractivity contribution >= 4 is 11.7 Å². The van der Waals surface area contributed by atoms with E-state index in [2.05, 4.69) is 20.6 Å². The first kappa shape index (κ1) is 14.9. The summed E-state index contributed by atoms with van der Waals surface area (Å²) in [5, 5.41) is 5.70. The third-order valence-electron chi connectivity index (χ3n) is 3.03. The van der Waals surface area contributed by atoms with E-state index in [1.54, 1.807) is 12.4 Å². The molecule has 1 amide bonds. The third-order valence-corrected chi connectivity index (χ3v) is 3.03. The lowest BCUT2D eigenvalue weighted by molar-refractivity contribution is 0.0951. The van der Waals surface area contributed by atoms with E-state index in [0.29, 0.717) is 18.9 Å². The van der Waals surface area contributed by atoms with Crippen molar-refractivity contribution in [1.29, 1.82) is 0 Å². The number of carbonyl (C=O) groups is 1. The van der Waals surface area contributed by atoms with E-state index in [4.69, 9.17) is 0 Å². The zero-order valence-corrected chi connectivity index (χ0v) is 12.0. The molecule has 0 saturated heterocycles. The lowest BCUT2D eigenvalue weighted by Crippen LogP contribution is -2.25. The van der Waals surface area contributed by atoms with Crippen molar-refractivity contribution in [3.05, 3.63) is 53.2 Å². The van der Waals surface area contributed by atoms with Gasteiger partial charge in [-0.05, 0) is 37.1 Å². The van der Waals surface area contributed by atoms with Crippen molar-refractivity contribution < 1.29 is 9.18 Å². The Balaban J connectivity index is 2.13. The van der Waals surface area contributed by atoms with Gasteiger partial charge in [0.1, 0.15) is 11.6 Å². The van der Waals surface area contributed by atoms with Crippen LogP contribution < -0.4 is 10.6 Å². The van der Waals surface area contributed by atoms with Gasteiger partial charge in [-0.1, -0.05) is 0 Å². The molecule has 0 aliphatic rings. The first-order chi connectivity index (χ1) is 10.1. The van der Waals surface area contributed by atoms with Crippen molar-refractivity contribution in [3.8, 4) is 0 Å². The van der Waals surface area contributed by atoms with Crippen molar-refractivity contribution in [2.45, 2.75) is 20.4 Å². The first-order valence-corrected chi connectivity index (χ1v) is 6.69. The second kappa shape index (κ2) is 6.78. The Morgan fingerprint density at radius 2 is 2.19 bits per heavy atom. The van der Waals surface area contributed by atoms with Gasteiger partial charge in [-0.3, -0.25) is 9.78 Å². The van der Waals surface area contributed by atoms with Crippen LogP contribution in [-0.4, -0.2) is 22.4 Å². The van der Waals surface area contributed by atoms with E-state index in [1.165, 1.54) is 6.07 Å². The minimum atomic E-state index is -0.542. The van der Waals surface area contributed by atoms with E-state index >= 15 is 0 Å². The summed E-state index contributed by atoms with van der Waals surface area (Å²) >= 11 is 0. The van der Waals surface area contributed by atoms with Gasteiger partial charge in [0.15, 0.2) is 0 Å². The van der Waals surface area contributed by atoms with Crippen LogP contribution in [0.4, 0.5) is 10.2 Å². The highest BCUT2D eigenvalue weighted by atomic mass is 19.1. The zero-order valence-electron chi connectivity index (χ0n) is 12.0. The van der Waals surface area contributed by atoms with Crippen molar-refractivity contribution in [1.82, 2.24) is 15.3 Å². The summed E-state index contributed by atoms with van der Waals surface area (Å²) in [7, 11) is 0. The second-order valence-corrected chi connectivity index (χ2v) is 4.56. The molecule has 0 aliphatic carbocycles. The molecule has 0 unspecified atom stereocenters. The van der Waals surface area contributed by atoms with Gasteiger partial charge in [-0.15, -0.1) is 0 Å². The van der Waals surface area contributed by atoms with E-state index in [9.17, 15) is 9.18 Å². The number of aromatic nitrogens is 2. The van der Waals surface area contributed by atoms with Crippen molar-refractivity contribution in [3.63, 3.8) is 0 Å². The van der Waals surface area contributed by atoms with Gasteiger partial charge in [0.25, 0.3) is 5.91 Å². The highest BCUT2D eigenvalue weighted by molar-refractivity contribution is 5.98. The predicted molar refractivity (Wildman–Crippen MR) is 78.5 cm³/mol. The fourth-order valence-electron chi connectivity index (χ4n) is 1.87. The standard InChI is InChI=1S/C15H17FN4O/c1-3-18-14-13(6-12(16)9-19-14)15(21)20-8-11-7-17-5-4-10(11)2/h4-7,9H,3,8H2,1-2H3,(H,18,19)(H,20,21). The first-order valence-electron chi connectivity index (χ1n) is 6.69. The fraction of sp³-hybridized carbons (Fsp3) is 0.267. The minimum Gasteiger partial charge on any atom is -0.370 e. The van der Waals surface area contributed by atoms with Crippen LogP contribution in [0.15, 0.2) is 30.7 Å². The second-order valence-electron chi connectivity index (χ2n) is 4.56. The van der Waals surface area contributed by atoms with Gasteiger partial charge in [0.05, 0.1) is 11.8 Å². The number of amides is 1. The molecule has 2 rings (SSSR count). The Labute approximate surface area is 122 Å². The van der Waals surface area contributed by atoms with E-state index in [0.717, 1.165) is 17.3 Å². The van der Waals surface area contributed by atoms with Crippen molar-refractivity contribution in [2.75, 3.05) is 11.9 Å². The quantitative estimate of drug-likeness (QED) is 0.886. The number of carbonyl (C=O) groups excluding carboxylic acids is 1. The molecule has 2 heterocycles. The number of hydrogen-bond acceptors (Lipinski definition) is 4. The Hall–Kier alpha value is -2.50. The number of nitrogens with zero attached hydrogens (tertiary/aromatic N) is 2. The van der Waals surface area contributed by atoms with E-state index in [1.807, 2.05) is 19.9 Å². The molecule has 0 fully saturated rings. The lowest BCUT2D eigenvalue weighted by Gasteiger charge is -2.11. The normalized spacial score (nSPS) is 10.2. The summed E-state index contributed by atoms with van der Waals surface area (Å²) in [4.78, 5) is 20.1. The maximum atomic E-state index is 13.3. The molecule has 0 bridgehead atoms. The molecule has 0 radical (unpaired) electrons. The molecule has 21 heavy (non-hydrogen) atoms. The van der Waals surface area contributed by atoms with Gasteiger partial charge >= 0.3 is 0 Å². The number of anilines is 1. The third kappa shape index (κ3) is 3.75. The number of nitrogens with one attached hydrogen (secondary N) is 2. The largest absolute Gasteiger partial charge is 0.370 e. The van der Waals surface area contributed by atoms with Crippen LogP contribution in [0, 0.1) is 12.7 Å². The molecule has 2 aromatic rings. The van der Waals surface area contributed by atoms with E-state index in [-0.39, 0.29) is 11.5 Å². The molecule has 2 N–H and O–H groups in total. The van der Waals surface area contributed by atoms with Gasteiger partial charge in [-0.25, -0.2) is 9.37 Å². The summed E-state index contributed by atoms with van der Waals surface area (Å²) in [6.45, 7) is 4.75. The average Bonchev–Trinajstić information content (AvgIpc) is 2.48. The molecule has 110 valence electrons. The predicted octanol–water partition coefficient (Wildman–Crippen LogP) is 2.29. The topological polar surface area (TPSA) is 66.9 Å².